The number of hydrogen-bond acceptors (Lipinski definition) is 4. The molecule has 0 aliphatic carbocycles. The van der Waals surface area contributed by atoms with Crippen LogP contribution in [0.2, 0.25) is 0 Å². The Morgan fingerprint density at radius 3 is 2.33 bits per heavy atom. The minimum absolute atomic E-state index is 0.00309. The van der Waals surface area contributed by atoms with Crippen molar-refractivity contribution in [2.75, 3.05) is 0 Å². The summed E-state index contributed by atoms with van der Waals surface area (Å²) in [7, 11) is 0. The highest BCUT2D eigenvalue weighted by molar-refractivity contribution is 5.85. The van der Waals surface area contributed by atoms with Crippen LogP contribution in [0.15, 0.2) is 34.9 Å². The summed E-state index contributed by atoms with van der Waals surface area (Å²) in [5, 5.41) is 25.1. The Hall–Kier alpha value is -2.75. The third kappa shape index (κ3) is 4.38. The number of hydrogen-bond donors (Lipinski definition) is 2. The van der Waals surface area contributed by atoms with Crippen molar-refractivity contribution in [3.05, 3.63) is 52.8 Å². The summed E-state index contributed by atoms with van der Waals surface area (Å²) >= 11 is 0. The van der Waals surface area contributed by atoms with Crippen LogP contribution in [-0.4, -0.2) is 15.4 Å². The van der Waals surface area contributed by atoms with Gasteiger partial charge in [-0.1, -0.05) is 58.0 Å². The zero-order valence-corrected chi connectivity index (χ0v) is 18.9. The van der Waals surface area contributed by atoms with Gasteiger partial charge >= 0.3 is 0 Å². The molecule has 0 saturated carbocycles. The lowest BCUT2D eigenvalue weighted by Gasteiger charge is -2.14. The molecule has 0 aliphatic rings. The molecule has 1 heterocycles. The summed E-state index contributed by atoms with van der Waals surface area (Å²) in [5.41, 5.74) is 6.60. The van der Waals surface area contributed by atoms with Crippen molar-refractivity contribution < 1.29 is 14.7 Å². The van der Waals surface area contributed by atoms with E-state index < -0.39 is 0 Å². The second-order valence-corrected chi connectivity index (χ2v) is 8.81. The highest BCUT2D eigenvalue weighted by Gasteiger charge is 2.22. The molecule has 4 nitrogen and oxygen atoms in total. The summed E-state index contributed by atoms with van der Waals surface area (Å²) in [6.07, 6.45) is 3.18. The van der Waals surface area contributed by atoms with Gasteiger partial charge in [0.25, 0.3) is 0 Å². The van der Waals surface area contributed by atoms with E-state index in [0.717, 1.165) is 36.0 Å². The number of aryl methyl sites for hydroxylation is 3. The van der Waals surface area contributed by atoms with Gasteiger partial charge in [0, 0.05) is 11.6 Å². The van der Waals surface area contributed by atoms with Crippen molar-refractivity contribution in [3.8, 4) is 33.9 Å². The molecule has 2 aromatic carbocycles. The quantitative estimate of drug-likeness (QED) is 0.442. The van der Waals surface area contributed by atoms with Gasteiger partial charge in [-0.3, -0.25) is 0 Å². The minimum Gasteiger partial charge on any atom is -0.508 e. The van der Waals surface area contributed by atoms with E-state index in [2.05, 4.69) is 44.1 Å². The fraction of sp³-hybridized carbons (Fsp3) is 0.423. The summed E-state index contributed by atoms with van der Waals surface area (Å²) in [6.45, 7) is 12.6. The molecule has 0 spiro atoms. The summed E-state index contributed by atoms with van der Waals surface area (Å²) in [4.78, 5) is 0. The number of benzene rings is 2. The molecule has 0 saturated heterocycles. The molecule has 3 aromatic rings. The van der Waals surface area contributed by atoms with Gasteiger partial charge < -0.3 is 14.7 Å². The average Bonchev–Trinajstić information content (AvgIpc) is 3.07. The van der Waals surface area contributed by atoms with E-state index in [1.54, 1.807) is 0 Å². The van der Waals surface area contributed by atoms with Gasteiger partial charge in [-0.25, -0.2) is 0 Å². The number of phenols is 2. The highest BCUT2D eigenvalue weighted by atomic mass is 16.5. The predicted octanol–water partition coefficient (Wildman–Crippen LogP) is 7.00. The fourth-order valence-corrected chi connectivity index (χ4v) is 3.95. The number of nitrogens with zero attached hydrogens (tertiary/aromatic N) is 1. The zero-order valence-electron chi connectivity index (χ0n) is 18.9. The van der Waals surface area contributed by atoms with Crippen molar-refractivity contribution in [2.45, 2.75) is 66.7 Å². The van der Waals surface area contributed by atoms with Gasteiger partial charge in [-0.15, -0.1) is 0 Å². The third-order valence-electron chi connectivity index (χ3n) is 5.75. The molecule has 0 fully saturated rings. The first-order valence-electron chi connectivity index (χ1n) is 10.9. The van der Waals surface area contributed by atoms with E-state index in [-0.39, 0.29) is 17.4 Å². The van der Waals surface area contributed by atoms with Gasteiger partial charge in [0.15, 0.2) is 0 Å². The maximum Gasteiger partial charge on any atom is 0.142 e. The van der Waals surface area contributed by atoms with Crippen LogP contribution >= 0.6 is 0 Å². The lowest BCUT2D eigenvalue weighted by atomic mass is 9.90. The second-order valence-electron chi connectivity index (χ2n) is 8.81. The van der Waals surface area contributed by atoms with Gasteiger partial charge in [0.1, 0.15) is 23.0 Å². The minimum atomic E-state index is -0.00309. The lowest BCUT2D eigenvalue weighted by Crippen LogP contribution is -1.98. The van der Waals surface area contributed by atoms with Crippen LogP contribution in [0.1, 0.15) is 69.4 Å². The van der Waals surface area contributed by atoms with Gasteiger partial charge in [0.05, 0.1) is 5.56 Å². The van der Waals surface area contributed by atoms with Crippen molar-refractivity contribution in [1.29, 1.82) is 0 Å². The molecule has 0 aliphatic heterocycles. The first-order valence-corrected chi connectivity index (χ1v) is 10.9. The van der Waals surface area contributed by atoms with Crippen LogP contribution in [0.25, 0.3) is 22.4 Å². The molecule has 0 unspecified atom stereocenters. The van der Waals surface area contributed by atoms with Crippen molar-refractivity contribution >= 4 is 0 Å². The zero-order chi connectivity index (χ0) is 22.0. The molecular weight excluding hydrogens is 374 g/mol. The number of rotatable bonds is 7. The summed E-state index contributed by atoms with van der Waals surface area (Å²) in [6, 6.07) is 9.76. The van der Waals surface area contributed by atoms with Crippen LogP contribution in [-0.2, 0) is 12.8 Å². The average molecular weight is 408 g/mol. The van der Waals surface area contributed by atoms with Crippen molar-refractivity contribution in [1.82, 2.24) is 5.16 Å². The van der Waals surface area contributed by atoms with Crippen LogP contribution in [0.3, 0.4) is 0 Å². The number of phenolic OH excluding ortho intramolecular Hbond substituents is 2. The molecule has 3 rings (SSSR count). The second kappa shape index (κ2) is 8.95. The van der Waals surface area contributed by atoms with E-state index in [0.29, 0.717) is 22.9 Å². The van der Waals surface area contributed by atoms with Crippen LogP contribution in [0.4, 0.5) is 0 Å². The lowest BCUT2D eigenvalue weighted by molar-refractivity contribution is 0.399. The fourth-order valence-electron chi connectivity index (χ4n) is 3.95. The predicted molar refractivity (Wildman–Crippen MR) is 122 cm³/mol. The SMILES string of the molecule is CCc1ccc(-c2c(-c3cc(C(C)C)c(O)cc3O)noc2C)cc1CCC(C)C. The normalized spacial score (nSPS) is 11.6. The molecule has 30 heavy (non-hydrogen) atoms. The molecule has 160 valence electrons. The van der Waals surface area contributed by atoms with E-state index in [9.17, 15) is 10.2 Å². The van der Waals surface area contributed by atoms with Gasteiger partial charge in [-0.2, -0.15) is 0 Å². The Balaban J connectivity index is 2.14. The van der Waals surface area contributed by atoms with Crippen molar-refractivity contribution in [3.63, 3.8) is 0 Å². The Morgan fingerprint density at radius 2 is 1.70 bits per heavy atom. The first-order chi connectivity index (χ1) is 14.2. The number of aromatic nitrogens is 1. The first kappa shape index (κ1) is 21.9. The standard InChI is InChI=1S/C26H33NO3/c1-7-18-10-11-20(12-19(18)9-8-15(2)3)25-17(6)30-27-26(25)22-13-21(16(4)5)23(28)14-24(22)29/h10-16,28-29H,7-9H2,1-6H3. The molecule has 0 amide bonds. The number of aromatic hydroxyl groups is 2. The van der Waals surface area contributed by atoms with E-state index in [1.807, 2.05) is 26.8 Å². The van der Waals surface area contributed by atoms with Gasteiger partial charge in [0.2, 0.25) is 0 Å². The third-order valence-corrected chi connectivity index (χ3v) is 5.75. The maximum atomic E-state index is 10.6. The molecule has 1 aromatic heterocycles. The molecule has 4 heteroatoms. The largest absolute Gasteiger partial charge is 0.508 e. The molecule has 0 bridgehead atoms. The van der Waals surface area contributed by atoms with E-state index >= 15 is 0 Å². The van der Waals surface area contributed by atoms with Crippen LogP contribution in [0.5, 0.6) is 11.5 Å². The Kier molecular flexibility index (Phi) is 6.55. The Labute approximate surface area is 179 Å². The van der Waals surface area contributed by atoms with E-state index in [4.69, 9.17) is 4.52 Å². The Morgan fingerprint density at radius 1 is 0.967 bits per heavy atom. The van der Waals surface area contributed by atoms with E-state index in [1.165, 1.54) is 17.2 Å². The van der Waals surface area contributed by atoms with Crippen LogP contribution in [0, 0.1) is 12.8 Å². The maximum absolute atomic E-state index is 10.6. The molecular formula is C26H33NO3. The molecule has 2 N–H and O–H groups in total. The van der Waals surface area contributed by atoms with Crippen LogP contribution < -0.4 is 0 Å². The molecule has 0 atom stereocenters. The van der Waals surface area contributed by atoms with Crippen molar-refractivity contribution in [2.24, 2.45) is 5.92 Å². The van der Waals surface area contributed by atoms with Gasteiger partial charge in [-0.05, 0) is 66.3 Å². The molecule has 0 radical (unpaired) electrons. The topological polar surface area (TPSA) is 66.5 Å². The highest BCUT2D eigenvalue weighted by Crippen LogP contribution is 2.42. The summed E-state index contributed by atoms with van der Waals surface area (Å²) < 4.78 is 5.56. The monoisotopic (exact) mass is 407 g/mol. The Bertz CT molecular complexity index is 1030. The smallest absolute Gasteiger partial charge is 0.142 e. The summed E-state index contributed by atoms with van der Waals surface area (Å²) in [5.74, 6) is 1.57.